The van der Waals surface area contributed by atoms with Gasteiger partial charge < -0.3 is 15.5 Å². The van der Waals surface area contributed by atoms with Crippen LogP contribution in [0.25, 0.3) is 11.3 Å². The first kappa shape index (κ1) is 22.0. The zero-order valence-corrected chi connectivity index (χ0v) is 19.5. The fraction of sp³-hybridized carbons (Fsp3) is 0.320. The number of piperidine rings is 1. The molecular formula is C25H28N4O2S. The Kier molecular flexibility index (Phi) is 6.55. The van der Waals surface area contributed by atoms with E-state index in [-0.39, 0.29) is 17.9 Å². The molecule has 32 heavy (non-hydrogen) atoms. The Labute approximate surface area is 192 Å². The number of nitrogens with one attached hydrogen (secondary N) is 2. The van der Waals surface area contributed by atoms with Gasteiger partial charge in [-0.3, -0.25) is 4.79 Å². The summed E-state index contributed by atoms with van der Waals surface area (Å²) in [6, 6.07) is 13.9. The van der Waals surface area contributed by atoms with Gasteiger partial charge in [0.1, 0.15) is 0 Å². The van der Waals surface area contributed by atoms with Gasteiger partial charge in [-0.1, -0.05) is 24.3 Å². The number of nitrogens with zero attached hydrogens (tertiary/aromatic N) is 2. The molecule has 2 heterocycles. The number of anilines is 2. The van der Waals surface area contributed by atoms with Crippen LogP contribution >= 0.6 is 11.3 Å². The number of likely N-dealkylation sites (tertiary alicyclic amines) is 1. The maximum Gasteiger partial charge on any atom is 0.321 e. The van der Waals surface area contributed by atoms with E-state index in [1.807, 2.05) is 36.6 Å². The molecular weight excluding hydrogens is 420 g/mol. The Morgan fingerprint density at radius 1 is 1.00 bits per heavy atom. The third kappa shape index (κ3) is 5.16. The van der Waals surface area contributed by atoms with Crippen LogP contribution in [0.15, 0.2) is 47.8 Å². The molecule has 2 aromatic carbocycles. The van der Waals surface area contributed by atoms with Gasteiger partial charge in [-0.2, -0.15) is 0 Å². The van der Waals surface area contributed by atoms with Crippen molar-refractivity contribution in [1.29, 1.82) is 0 Å². The number of hydrogen-bond acceptors (Lipinski definition) is 4. The van der Waals surface area contributed by atoms with E-state index in [2.05, 4.69) is 47.7 Å². The summed E-state index contributed by atoms with van der Waals surface area (Å²) in [4.78, 5) is 31.7. The maximum atomic E-state index is 12.8. The normalized spacial score (nSPS) is 14.3. The Hall–Kier alpha value is -3.19. The number of thiazole rings is 1. The van der Waals surface area contributed by atoms with Gasteiger partial charge in [0.05, 0.1) is 5.69 Å². The predicted molar refractivity (Wildman–Crippen MR) is 130 cm³/mol. The van der Waals surface area contributed by atoms with Gasteiger partial charge in [-0.05, 0) is 68.5 Å². The van der Waals surface area contributed by atoms with Crippen LogP contribution in [-0.4, -0.2) is 34.9 Å². The summed E-state index contributed by atoms with van der Waals surface area (Å²) in [5, 5.41) is 8.49. The molecule has 7 heteroatoms. The van der Waals surface area contributed by atoms with Crippen LogP contribution in [0.3, 0.4) is 0 Å². The van der Waals surface area contributed by atoms with Crippen LogP contribution < -0.4 is 10.6 Å². The molecule has 0 unspecified atom stereocenters. The van der Waals surface area contributed by atoms with E-state index in [9.17, 15) is 9.59 Å². The predicted octanol–water partition coefficient (Wildman–Crippen LogP) is 5.62. The average molecular weight is 449 g/mol. The number of hydrogen-bond donors (Lipinski definition) is 2. The van der Waals surface area contributed by atoms with E-state index >= 15 is 0 Å². The van der Waals surface area contributed by atoms with Crippen molar-refractivity contribution in [1.82, 2.24) is 9.88 Å². The lowest BCUT2D eigenvalue weighted by Crippen LogP contribution is -2.43. The number of rotatable bonds is 4. The summed E-state index contributed by atoms with van der Waals surface area (Å²) in [7, 11) is 0. The maximum absolute atomic E-state index is 12.8. The molecule has 0 atom stereocenters. The van der Waals surface area contributed by atoms with E-state index in [1.54, 1.807) is 4.90 Å². The van der Waals surface area contributed by atoms with Crippen molar-refractivity contribution < 1.29 is 9.59 Å². The lowest BCUT2D eigenvalue weighted by Gasteiger charge is -2.31. The SMILES string of the molecule is Cc1cccc(NC(=O)N2CCC(C(=O)Nc3nc(-c4ccc(C)c(C)c4)cs3)CC2)c1. The van der Waals surface area contributed by atoms with E-state index in [0.717, 1.165) is 22.5 Å². The minimum Gasteiger partial charge on any atom is -0.324 e. The van der Waals surface area contributed by atoms with Crippen LogP contribution in [0.1, 0.15) is 29.5 Å². The summed E-state index contributed by atoms with van der Waals surface area (Å²) in [5.74, 6) is -0.142. The van der Waals surface area contributed by atoms with Crippen molar-refractivity contribution in [3.05, 3.63) is 64.5 Å². The third-order valence-corrected chi connectivity index (χ3v) is 6.72. The van der Waals surface area contributed by atoms with Crippen LogP contribution in [0.2, 0.25) is 0 Å². The summed E-state index contributed by atoms with van der Waals surface area (Å²) in [5.41, 5.74) is 6.28. The summed E-state index contributed by atoms with van der Waals surface area (Å²) < 4.78 is 0. The molecule has 0 radical (unpaired) electrons. The van der Waals surface area contributed by atoms with E-state index < -0.39 is 0 Å². The number of benzene rings is 2. The van der Waals surface area contributed by atoms with Crippen LogP contribution in [0.4, 0.5) is 15.6 Å². The highest BCUT2D eigenvalue weighted by Gasteiger charge is 2.28. The molecule has 1 fully saturated rings. The summed E-state index contributed by atoms with van der Waals surface area (Å²) >= 11 is 1.44. The molecule has 1 aliphatic heterocycles. The van der Waals surface area contributed by atoms with Gasteiger partial charge in [0.25, 0.3) is 0 Å². The standard InChI is InChI=1S/C25H28N4O2S/c1-16-5-4-6-21(13-16)26-25(31)29-11-9-19(10-12-29)23(30)28-24-27-22(15-32-24)20-8-7-17(2)18(3)14-20/h4-8,13-15,19H,9-12H2,1-3H3,(H,26,31)(H,27,28,30). The molecule has 3 aromatic rings. The van der Waals surface area contributed by atoms with Crippen molar-refractivity contribution in [2.24, 2.45) is 5.92 Å². The monoisotopic (exact) mass is 448 g/mol. The Morgan fingerprint density at radius 2 is 1.78 bits per heavy atom. The number of amides is 3. The van der Waals surface area contributed by atoms with Gasteiger partial charge in [0, 0.05) is 35.6 Å². The number of urea groups is 1. The second-order valence-electron chi connectivity index (χ2n) is 8.39. The second kappa shape index (κ2) is 9.53. The smallest absolute Gasteiger partial charge is 0.321 e. The molecule has 0 aliphatic carbocycles. The van der Waals surface area contributed by atoms with E-state index in [4.69, 9.17) is 0 Å². The van der Waals surface area contributed by atoms with Crippen molar-refractivity contribution in [3.63, 3.8) is 0 Å². The number of aromatic nitrogens is 1. The Bertz CT molecular complexity index is 1130. The molecule has 0 spiro atoms. The molecule has 3 amide bonds. The van der Waals surface area contributed by atoms with Crippen molar-refractivity contribution in [2.75, 3.05) is 23.7 Å². The summed E-state index contributed by atoms with van der Waals surface area (Å²) in [6.07, 6.45) is 1.28. The Morgan fingerprint density at radius 3 is 2.50 bits per heavy atom. The highest BCUT2D eigenvalue weighted by Crippen LogP contribution is 2.28. The fourth-order valence-electron chi connectivity index (χ4n) is 3.84. The molecule has 0 bridgehead atoms. The molecule has 4 rings (SSSR count). The van der Waals surface area contributed by atoms with Gasteiger partial charge in [-0.25, -0.2) is 9.78 Å². The highest BCUT2D eigenvalue weighted by atomic mass is 32.1. The molecule has 1 aromatic heterocycles. The van der Waals surface area contributed by atoms with Gasteiger partial charge in [-0.15, -0.1) is 11.3 Å². The van der Waals surface area contributed by atoms with Crippen molar-refractivity contribution in [3.8, 4) is 11.3 Å². The molecule has 1 aliphatic rings. The molecule has 6 nitrogen and oxygen atoms in total. The third-order valence-electron chi connectivity index (χ3n) is 5.96. The summed E-state index contributed by atoms with van der Waals surface area (Å²) in [6.45, 7) is 7.28. The van der Waals surface area contributed by atoms with Gasteiger partial charge in [0.15, 0.2) is 5.13 Å². The largest absolute Gasteiger partial charge is 0.324 e. The minimum absolute atomic E-state index is 0.0234. The lowest BCUT2D eigenvalue weighted by molar-refractivity contribution is -0.121. The van der Waals surface area contributed by atoms with Crippen molar-refractivity contribution >= 4 is 34.1 Å². The van der Waals surface area contributed by atoms with Crippen molar-refractivity contribution in [2.45, 2.75) is 33.6 Å². The van der Waals surface area contributed by atoms with E-state index in [0.29, 0.717) is 31.1 Å². The van der Waals surface area contributed by atoms with Gasteiger partial charge >= 0.3 is 6.03 Å². The molecule has 1 saturated heterocycles. The lowest BCUT2D eigenvalue weighted by atomic mass is 9.96. The molecule has 0 saturated carbocycles. The van der Waals surface area contributed by atoms with E-state index in [1.165, 1.54) is 22.5 Å². The quantitative estimate of drug-likeness (QED) is 0.544. The first-order chi connectivity index (χ1) is 15.4. The molecule has 166 valence electrons. The van der Waals surface area contributed by atoms with Gasteiger partial charge in [0.2, 0.25) is 5.91 Å². The highest BCUT2D eigenvalue weighted by molar-refractivity contribution is 7.14. The fourth-order valence-corrected chi connectivity index (χ4v) is 4.56. The minimum atomic E-state index is -0.119. The second-order valence-corrected chi connectivity index (χ2v) is 9.25. The van der Waals surface area contributed by atoms with Crippen LogP contribution in [0.5, 0.6) is 0 Å². The number of carbonyl (C=O) groups is 2. The number of aryl methyl sites for hydroxylation is 3. The molecule has 2 N–H and O–H groups in total. The Balaban J connectivity index is 1.30. The topological polar surface area (TPSA) is 74.3 Å². The van der Waals surface area contributed by atoms with Crippen LogP contribution in [-0.2, 0) is 4.79 Å². The zero-order chi connectivity index (χ0) is 22.7. The van der Waals surface area contributed by atoms with Crippen LogP contribution in [0, 0.1) is 26.7 Å². The zero-order valence-electron chi connectivity index (χ0n) is 18.6. The first-order valence-electron chi connectivity index (χ1n) is 10.9. The first-order valence-corrected chi connectivity index (χ1v) is 11.7. The number of carbonyl (C=O) groups excluding carboxylic acids is 2. The average Bonchev–Trinajstić information content (AvgIpc) is 3.24.